The zero-order valence-electron chi connectivity index (χ0n) is 10.8. The maximum atomic E-state index is 11.1. The maximum absolute atomic E-state index is 11.1. The van der Waals surface area contributed by atoms with Crippen molar-refractivity contribution in [1.29, 1.82) is 0 Å². The van der Waals surface area contributed by atoms with Gasteiger partial charge in [-0.15, -0.1) is 10.2 Å². The number of benzene rings is 1. The summed E-state index contributed by atoms with van der Waals surface area (Å²) in [5.41, 5.74) is 0.298. The molecule has 0 unspecified atom stereocenters. The molecular formula is C12H13ClN4O2S. The van der Waals surface area contributed by atoms with Crippen molar-refractivity contribution >= 4 is 28.6 Å². The quantitative estimate of drug-likeness (QED) is 0.504. The van der Waals surface area contributed by atoms with Crippen molar-refractivity contribution in [3.63, 3.8) is 0 Å². The van der Waals surface area contributed by atoms with Crippen LogP contribution < -0.4 is 5.32 Å². The highest BCUT2D eigenvalue weighted by atomic mass is 35.5. The number of halogens is 1. The van der Waals surface area contributed by atoms with Crippen molar-refractivity contribution in [2.75, 3.05) is 13.6 Å². The van der Waals surface area contributed by atoms with Crippen LogP contribution in [0.3, 0.4) is 0 Å². The second kappa shape index (κ2) is 6.74. The average Bonchev–Trinajstić information content (AvgIpc) is 2.87. The molecule has 1 aromatic heterocycles. The van der Waals surface area contributed by atoms with Gasteiger partial charge in [-0.1, -0.05) is 29.0 Å². The van der Waals surface area contributed by atoms with E-state index in [0.29, 0.717) is 15.6 Å². The smallest absolute Gasteiger partial charge is 0.281 e. The fourth-order valence-electron chi connectivity index (χ4n) is 1.75. The molecule has 0 radical (unpaired) electrons. The Morgan fingerprint density at radius 1 is 1.45 bits per heavy atom. The minimum Gasteiger partial charge on any atom is -0.320 e. The second-order valence-electron chi connectivity index (χ2n) is 4.10. The summed E-state index contributed by atoms with van der Waals surface area (Å²) in [6, 6.07) is 4.59. The minimum atomic E-state index is -0.455. The molecule has 2 rings (SSSR count). The Morgan fingerprint density at radius 3 is 2.95 bits per heavy atom. The van der Waals surface area contributed by atoms with Gasteiger partial charge in [0.05, 0.1) is 9.95 Å². The lowest BCUT2D eigenvalue weighted by Gasteiger charge is -2.00. The molecule has 0 saturated carbocycles. The first-order valence-electron chi connectivity index (χ1n) is 6.03. The minimum absolute atomic E-state index is 0.0459. The van der Waals surface area contributed by atoms with E-state index in [2.05, 4.69) is 15.5 Å². The van der Waals surface area contributed by atoms with Crippen molar-refractivity contribution in [3.8, 4) is 10.6 Å². The zero-order valence-corrected chi connectivity index (χ0v) is 12.4. The van der Waals surface area contributed by atoms with Crippen LogP contribution in [0.4, 0.5) is 5.69 Å². The molecule has 0 aliphatic rings. The lowest BCUT2D eigenvalue weighted by molar-refractivity contribution is -0.384. The van der Waals surface area contributed by atoms with E-state index in [0.717, 1.165) is 24.4 Å². The van der Waals surface area contributed by atoms with Crippen LogP contribution in [0.1, 0.15) is 11.4 Å². The number of nitro benzene ring substituents is 1. The Bertz CT molecular complexity index is 617. The average molecular weight is 313 g/mol. The summed E-state index contributed by atoms with van der Waals surface area (Å²) >= 11 is 7.41. The Morgan fingerprint density at radius 2 is 2.25 bits per heavy atom. The summed E-state index contributed by atoms with van der Waals surface area (Å²) < 4.78 is 0. The number of nitro groups is 1. The van der Waals surface area contributed by atoms with Gasteiger partial charge in [-0.2, -0.15) is 0 Å². The van der Waals surface area contributed by atoms with Crippen LogP contribution in [0.2, 0.25) is 5.02 Å². The van der Waals surface area contributed by atoms with Crippen LogP contribution in [0, 0.1) is 10.1 Å². The molecule has 0 spiro atoms. The first-order chi connectivity index (χ1) is 9.63. The molecule has 1 heterocycles. The largest absolute Gasteiger partial charge is 0.320 e. The van der Waals surface area contributed by atoms with Gasteiger partial charge in [0.2, 0.25) is 0 Å². The van der Waals surface area contributed by atoms with Gasteiger partial charge in [-0.25, -0.2) is 0 Å². The molecule has 1 N–H and O–H groups in total. The number of nitrogens with one attached hydrogen (secondary N) is 1. The fourth-order valence-corrected chi connectivity index (χ4v) is 3.01. The van der Waals surface area contributed by atoms with Gasteiger partial charge in [-0.05, 0) is 26.1 Å². The van der Waals surface area contributed by atoms with Crippen LogP contribution in [0.15, 0.2) is 18.2 Å². The van der Waals surface area contributed by atoms with Crippen molar-refractivity contribution < 1.29 is 4.92 Å². The number of aromatic nitrogens is 2. The van der Waals surface area contributed by atoms with E-state index in [1.54, 1.807) is 12.1 Å². The van der Waals surface area contributed by atoms with E-state index in [1.165, 1.54) is 17.4 Å². The van der Waals surface area contributed by atoms with E-state index in [-0.39, 0.29) is 5.69 Å². The molecule has 8 heteroatoms. The second-order valence-corrected chi connectivity index (χ2v) is 5.57. The highest BCUT2D eigenvalue weighted by Gasteiger charge is 2.21. The van der Waals surface area contributed by atoms with Crippen LogP contribution in [-0.2, 0) is 6.42 Å². The number of hydrogen-bond acceptors (Lipinski definition) is 6. The normalized spacial score (nSPS) is 10.7. The number of hydrogen-bond donors (Lipinski definition) is 1. The first kappa shape index (κ1) is 14.8. The van der Waals surface area contributed by atoms with Crippen LogP contribution in [-0.4, -0.2) is 28.7 Å². The van der Waals surface area contributed by atoms with E-state index >= 15 is 0 Å². The van der Waals surface area contributed by atoms with Gasteiger partial charge in [-0.3, -0.25) is 10.1 Å². The third-order valence-electron chi connectivity index (χ3n) is 2.69. The summed E-state index contributed by atoms with van der Waals surface area (Å²) in [4.78, 5) is 10.6. The summed E-state index contributed by atoms with van der Waals surface area (Å²) in [5.74, 6) is 0. The fraction of sp³-hybridized carbons (Fsp3) is 0.333. The van der Waals surface area contributed by atoms with Crippen molar-refractivity contribution in [3.05, 3.63) is 38.3 Å². The molecule has 0 fully saturated rings. The van der Waals surface area contributed by atoms with Crippen molar-refractivity contribution in [2.45, 2.75) is 12.8 Å². The number of aryl methyl sites for hydroxylation is 1. The Labute approximate surface area is 125 Å². The Balaban J connectivity index is 2.30. The summed E-state index contributed by atoms with van der Waals surface area (Å²) in [7, 11) is 1.89. The first-order valence-corrected chi connectivity index (χ1v) is 7.23. The van der Waals surface area contributed by atoms with E-state index in [1.807, 2.05) is 7.05 Å². The SMILES string of the molecule is CNCCCc1nnc(-c2c(Cl)cccc2[N+](=O)[O-])s1. The zero-order chi connectivity index (χ0) is 14.5. The Hall–Kier alpha value is -1.57. The predicted octanol–water partition coefficient (Wildman–Crippen LogP) is 2.92. The topological polar surface area (TPSA) is 81.0 Å². The van der Waals surface area contributed by atoms with E-state index in [9.17, 15) is 10.1 Å². The molecule has 6 nitrogen and oxygen atoms in total. The van der Waals surface area contributed by atoms with Gasteiger partial charge in [0, 0.05) is 12.5 Å². The van der Waals surface area contributed by atoms with Gasteiger partial charge >= 0.3 is 0 Å². The third-order valence-corrected chi connectivity index (χ3v) is 4.00. The number of nitrogens with zero attached hydrogens (tertiary/aromatic N) is 3. The molecule has 0 atom stereocenters. The lowest BCUT2D eigenvalue weighted by atomic mass is 10.2. The van der Waals surface area contributed by atoms with Gasteiger partial charge in [0.15, 0.2) is 5.01 Å². The van der Waals surface area contributed by atoms with E-state index in [4.69, 9.17) is 11.6 Å². The molecule has 0 aliphatic carbocycles. The predicted molar refractivity (Wildman–Crippen MR) is 79.3 cm³/mol. The summed E-state index contributed by atoms with van der Waals surface area (Å²) in [6.07, 6.45) is 1.73. The van der Waals surface area contributed by atoms with Gasteiger partial charge in [0.1, 0.15) is 10.6 Å². The molecule has 20 heavy (non-hydrogen) atoms. The molecule has 106 valence electrons. The molecule has 0 bridgehead atoms. The van der Waals surface area contributed by atoms with Gasteiger partial charge in [0.25, 0.3) is 5.69 Å². The molecule has 0 aliphatic heterocycles. The highest BCUT2D eigenvalue weighted by Crippen LogP contribution is 2.37. The Kier molecular flexibility index (Phi) is 4.99. The number of rotatable bonds is 6. The lowest BCUT2D eigenvalue weighted by Crippen LogP contribution is -2.08. The van der Waals surface area contributed by atoms with Crippen molar-refractivity contribution in [2.24, 2.45) is 0 Å². The van der Waals surface area contributed by atoms with Crippen LogP contribution in [0.5, 0.6) is 0 Å². The maximum Gasteiger partial charge on any atom is 0.281 e. The molecule has 0 amide bonds. The van der Waals surface area contributed by atoms with Crippen molar-refractivity contribution in [1.82, 2.24) is 15.5 Å². The standard InChI is InChI=1S/C12H13ClN4O2S/c1-14-7-3-6-10-15-16-12(20-10)11-8(13)4-2-5-9(11)17(18)19/h2,4-5,14H,3,6-7H2,1H3. The molecule has 0 saturated heterocycles. The molecule has 2 aromatic rings. The molecular weight excluding hydrogens is 300 g/mol. The van der Waals surface area contributed by atoms with Crippen LogP contribution in [0.25, 0.3) is 10.6 Å². The van der Waals surface area contributed by atoms with Gasteiger partial charge < -0.3 is 5.32 Å². The summed E-state index contributed by atoms with van der Waals surface area (Å²) in [5, 5.41) is 23.9. The molecule has 1 aromatic carbocycles. The monoisotopic (exact) mass is 312 g/mol. The highest BCUT2D eigenvalue weighted by molar-refractivity contribution is 7.14. The summed E-state index contributed by atoms with van der Waals surface area (Å²) in [6.45, 7) is 0.890. The van der Waals surface area contributed by atoms with E-state index < -0.39 is 4.92 Å². The third kappa shape index (κ3) is 3.30. The van der Waals surface area contributed by atoms with Crippen LogP contribution >= 0.6 is 22.9 Å².